The first-order valence-electron chi connectivity index (χ1n) is 12.3. The first-order chi connectivity index (χ1) is 18.7. The van der Waals surface area contributed by atoms with Crippen LogP contribution in [-0.4, -0.2) is 71.2 Å². The zero-order valence-corrected chi connectivity index (χ0v) is 24.6. The highest BCUT2D eigenvalue weighted by Gasteiger charge is 2.20. The number of anilines is 1. The van der Waals surface area contributed by atoms with Gasteiger partial charge in [0.1, 0.15) is 11.1 Å². The summed E-state index contributed by atoms with van der Waals surface area (Å²) in [5, 5.41) is 6.07. The van der Waals surface area contributed by atoms with E-state index in [-0.39, 0.29) is 34.2 Å². The molecule has 0 spiro atoms. The Morgan fingerprint density at radius 1 is 1.18 bits per heavy atom. The number of likely N-dealkylation sites (N-methyl/N-ethyl adjacent to an activating group) is 1. The largest absolute Gasteiger partial charge is 0.465 e. The number of esters is 1. The fourth-order valence-electron chi connectivity index (χ4n) is 3.77. The molecule has 0 radical (unpaired) electrons. The van der Waals surface area contributed by atoms with Crippen LogP contribution in [-0.2, 0) is 33.1 Å². The predicted octanol–water partition coefficient (Wildman–Crippen LogP) is 2.32. The predicted molar refractivity (Wildman–Crippen MR) is 156 cm³/mol. The number of amides is 1. The average Bonchev–Trinajstić information content (AvgIpc) is 3.31. The van der Waals surface area contributed by atoms with E-state index in [1.54, 1.807) is 25.4 Å². The van der Waals surface area contributed by atoms with Gasteiger partial charge in [-0.2, -0.15) is 0 Å². The molecule has 0 bridgehead atoms. The molecule has 13 heteroatoms. The van der Waals surface area contributed by atoms with Crippen LogP contribution >= 0.6 is 0 Å². The van der Waals surface area contributed by atoms with Crippen molar-refractivity contribution in [1.29, 1.82) is 0 Å². The van der Waals surface area contributed by atoms with Crippen molar-refractivity contribution in [1.82, 2.24) is 20.2 Å². The summed E-state index contributed by atoms with van der Waals surface area (Å²) in [7, 11) is 3.48. The molecule has 3 rings (SSSR count). The molecule has 0 saturated heterocycles. The first-order valence-corrected chi connectivity index (χ1v) is 14.0. The maximum atomic E-state index is 12.4. The number of aldehydes is 1. The van der Waals surface area contributed by atoms with Crippen molar-refractivity contribution in [3.63, 3.8) is 0 Å². The Morgan fingerprint density at radius 3 is 2.40 bits per heavy atom. The molecule has 3 aromatic rings. The molecular weight excluding hydrogens is 538 g/mol. The monoisotopic (exact) mass is 575 g/mol. The Hall–Kier alpha value is -3.97. The highest BCUT2D eigenvalue weighted by Crippen LogP contribution is 2.34. The second-order valence-electron chi connectivity index (χ2n) is 9.93. The number of ether oxygens (including phenoxy) is 2. The number of H-pyrrole nitrogens is 1. The molecule has 40 heavy (non-hydrogen) atoms. The number of aromatic amines is 1. The van der Waals surface area contributed by atoms with E-state index in [0.717, 1.165) is 6.54 Å². The summed E-state index contributed by atoms with van der Waals surface area (Å²) >= 11 is 0. The normalized spacial score (nSPS) is 11.8. The fourth-order valence-corrected chi connectivity index (χ4v) is 4.45. The minimum atomic E-state index is -1.21. The summed E-state index contributed by atoms with van der Waals surface area (Å²) in [5.74, 6) is -0.437. The summed E-state index contributed by atoms with van der Waals surface area (Å²) in [5.41, 5.74) is 8.27. The number of nitrogens with one attached hydrogen (secondary N) is 3. The molecule has 1 atom stereocenters. The second-order valence-corrected chi connectivity index (χ2v) is 11.4. The van der Waals surface area contributed by atoms with Gasteiger partial charge in [-0.1, -0.05) is 0 Å². The van der Waals surface area contributed by atoms with Crippen LogP contribution < -0.4 is 21.9 Å². The maximum absolute atomic E-state index is 12.4. The smallest absolute Gasteiger partial charge is 0.407 e. The van der Waals surface area contributed by atoms with Crippen molar-refractivity contribution in [2.24, 2.45) is 7.05 Å². The molecule has 2 heterocycles. The Balaban J connectivity index is 0.000000395. The van der Waals surface area contributed by atoms with Crippen molar-refractivity contribution in [3.05, 3.63) is 51.6 Å². The Morgan fingerprint density at radius 2 is 1.85 bits per heavy atom. The Labute approximate surface area is 235 Å². The maximum Gasteiger partial charge on any atom is 0.407 e. The molecule has 5 N–H and O–H groups in total. The van der Waals surface area contributed by atoms with Gasteiger partial charge in [-0.25, -0.2) is 9.59 Å². The van der Waals surface area contributed by atoms with Crippen molar-refractivity contribution in [3.8, 4) is 11.1 Å². The number of hydrogen-bond acceptors (Lipinski definition) is 9. The van der Waals surface area contributed by atoms with Gasteiger partial charge < -0.3 is 35.4 Å². The molecule has 0 fully saturated rings. The number of hydrogen-bond donors (Lipinski definition) is 4. The SMILES string of the molecule is CNCCNC(=O)OC(C)(C)C.COC(=O)c1cc(N)c(-c2cn(C)c(=O)c3[nH]c(C=O)cc23)cc1CS(C)=O. The van der Waals surface area contributed by atoms with Gasteiger partial charge in [-0.3, -0.25) is 13.8 Å². The zero-order chi connectivity index (χ0) is 30.2. The summed E-state index contributed by atoms with van der Waals surface area (Å²) < 4.78 is 23.0. The third kappa shape index (κ3) is 8.52. The number of methoxy groups -OCH3 is 1. The van der Waals surface area contributed by atoms with Gasteiger partial charge in [0.05, 0.1) is 18.4 Å². The summed E-state index contributed by atoms with van der Waals surface area (Å²) in [6, 6.07) is 4.73. The standard InChI is InChI=1S/C19H19N3O5S.C8H18N2O2/c1-22-7-15(14-5-11(8-23)21-17(14)18(22)24)13-4-10(9-28(3)26)12(6-16(13)20)19(25)27-2;1-8(2,3)12-7(11)10-6-5-9-4/h4-8,21H,9,20H2,1-3H3;9H,5-6H2,1-4H3,(H,10,11). The van der Waals surface area contributed by atoms with E-state index in [1.165, 1.54) is 24.0 Å². The molecule has 12 nitrogen and oxygen atoms in total. The molecule has 0 aliphatic heterocycles. The van der Waals surface area contributed by atoms with Gasteiger partial charge in [0, 0.05) is 71.3 Å². The molecule has 1 aromatic carbocycles. The van der Waals surface area contributed by atoms with Gasteiger partial charge in [-0.05, 0) is 51.6 Å². The molecule has 2 aromatic heterocycles. The number of alkyl carbamates (subject to hydrolysis) is 1. The zero-order valence-electron chi connectivity index (χ0n) is 23.8. The van der Waals surface area contributed by atoms with Crippen LogP contribution in [0.1, 0.15) is 47.2 Å². The van der Waals surface area contributed by atoms with Crippen molar-refractivity contribution in [2.75, 3.05) is 39.2 Å². The van der Waals surface area contributed by atoms with E-state index in [2.05, 4.69) is 15.6 Å². The lowest BCUT2D eigenvalue weighted by Gasteiger charge is -2.19. The molecule has 218 valence electrons. The number of nitrogen functional groups attached to an aromatic ring is 1. The number of nitrogens with two attached hydrogens (primary N) is 1. The number of aryl methyl sites for hydroxylation is 1. The Kier molecular flexibility index (Phi) is 11.2. The summed E-state index contributed by atoms with van der Waals surface area (Å²) in [4.78, 5) is 49.4. The molecule has 1 unspecified atom stereocenters. The number of carbonyl (C=O) groups is 3. The van der Waals surface area contributed by atoms with Crippen LogP contribution in [0.3, 0.4) is 0 Å². The van der Waals surface area contributed by atoms with Gasteiger partial charge in [-0.15, -0.1) is 0 Å². The number of aromatic nitrogens is 2. The van der Waals surface area contributed by atoms with Crippen LogP contribution in [0.5, 0.6) is 0 Å². The van der Waals surface area contributed by atoms with E-state index in [4.69, 9.17) is 15.2 Å². The molecular formula is C27H37N5O7S. The highest BCUT2D eigenvalue weighted by molar-refractivity contribution is 7.83. The van der Waals surface area contributed by atoms with E-state index >= 15 is 0 Å². The number of rotatable bonds is 8. The van der Waals surface area contributed by atoms with Gasteiger partial charge in [0.15, 0.2) is 6.29 Å². The fraction of sp³-hybridized carbons (Fsp3) is 0.407. The minimum absolute atomic E-state index is 0.138. The average molecular weight is 576 g/mol. The third-order valence-corrected chi connectivity index (χ3v) is 6.20. The lowest BCUT2D eigenvalue weighted by molar-refractivity contribution is 0.0527. The second kappa shape index (κ2) is 13.9. The van der Waals surface area contributed by atoms with Crippen molar-refractivity contribution >= 4 is 45.7 Å². The van der Waals surface area contributed by atoms with Crippen LogP contribution in [0.2, 0.25) is 0 Å². The molecule has 0 saturated carbocycles. The summed E-state index contributed by atoms with van der Waals surface area (Å²) in [6.45, 7) is 6.85. The molecule has 1 amide bonds. The van der Waals surface area contributed by atoms with Crippen molar-refractivity contribution in [2.45, 2.75) is 32.1 Å². The number of benzene rings is 1. The lowest BCUT2D eigenvalue weighted by atomic mass is 9.96. The quantitative estimate of drug-likeness (QED) is 0.136. The summed E-state index contributed by atoms with van der Waals surface area (Å²) in [6.07, 6.45) is 3.41. The van der Waals surface area contributed by atoms with Crippen molar-refractivity contribution < 1.29 is 28.1 Å². The van der Waals surface area contributed by atoms with E-state index in [1.807, 2.05) is 27.8 Å². The van der Waals surface area contributed by atoms with Gasteiger partial charge in [0.2, 0.25) is 0 Å². The van der Waals surface area contributed by atoms with Crippen LogP contribution in [0.25, 0.3) is 22.0 Å². The highest BCUT2D eigenvalue weighted by atomic mass is 32.2. The minimum Gasteiger partial charge on any atom is -0.465 e. The van der Waals surface area contributed by atoms with Gasteiger partial charge >= 0.3 is 12.1 Å². The Bertz CT molecular complexity index is 1470. The first kappa shape index (κ1) is 32.2. The third-order valence-electron chi connectivity index (χ3n) is 5.49. The van der Waals surface area contributed by atoms with Crippen LogP contribution in [0.15, 0.2) is 29.2 Å². The number of carbonyl (C=O) groups excluding carboxylic acids is 3. The number of fused-ring (bicyclic) bond motifs is 1. The van der Waals surface area contributed by atoms with Crippen LogP contribution in [0.4, 0.5) is 10.5 Å². The molecule has 0 aliphatic carbocycles. The van der Waals surface area contributed by atoms with Gasteiger partial charge in [0.25, 0.3) is 5.56 Å². The van der Waals surface area contributed by atoms with E-state index in [9.17, 15) is 23.4 Å². The molecule has 0 aliphatic rings. The number of pyridine rings is 1. The number of nitrogens with zero attached hydrogens (tertiary/aromatic N) is 1. The topological polar surface area (TPSA) is 175 Å². The van der Waals surface area contributed by atoms with E-state index in [0.29, 0.717) is 40.6 Å². The lowest BCUT2D eigenvalue weighted by Crippen LogP contribution is -2.35. The van der Waals surface area contributed by atoms with E-state index < -0.39 is 22.4 Å². The van der Waals surface area contributed by atoms with Crippen LogP contribution in [0, 0.1) is 0 Å².